The van der Waals surface area contributed by atoms with Gasteiger partial charge in [0.1, 0.15) is 17.1 Å². The Hall–Kier alpha value is -2.05. The maximum absolute atomic E-state index is 13.0. The molecule has 4 rings (SSSR count). The van der Waals surface area contributed by atoms with Crippen molar-refractivity contribution in [3.63, 3.8) is 0 Å². The zero-order valence-electron chi connectivity index (χ0n) is 21.5. The summed E-state index contributed by atoms with van der Waals surface area (Å²) in [4.78, 5) is 15.4. The standard InChI is InChI=1S/C28H41NO5/c1-19-8-9-22-21(16-19)25-23(30)17-20(18-24(25)34-28(22,4)5)27(2,3)26(31)33-13-7-6-10-29-11-14-32-15-12-29/h8,17-18,21-22,30H,6-7,9-16H2,1-5H3. The quantitative estimate of drug-likeness (QED) is 0.345. The normalized spacial score (nSPS) is 24.4. The Bertz CT molecular complexity index is 929. The molecule has 6 nitrogen and oxygen atoms in total. The van der Waals surface area contributed by atoms with Crippen LogP contribution in [0.3, 0.4) is 0 Å². The van der Waals surface area contributed by atoms with E-state index in [0.29, 0.717) is 18.3 Å². The SMILES string of the molecule is CC1=CCC2C(C1)c1c(O)cc(C(C)(C)C(=O)OCCCCN3CCOCC3)cc1OC2(C)C. The molecule has 3 aliphatic rings. The number of hydrogen-bond acceptors (Lipinski definition) is 6. The summed E-state index contributed by atoms with van der Waals surface area (Å²) in [5.41, 5.74) is 1.73. The van der Waals surface area contributed by atoms with Gasteiger partial charge in [0.15, 0.2) is 0 Å². The van der Waals surface area contributed by atoms with E-state index in [1.54, 1.807) is 6.07 Å². The van der Waals surface area contributed by atoms with E-state index in [9.17, 15) is 9.90 Å². The second-order valence-electron chi connectivity index (χ2n) is 11.2. The number of carbonyl (C=O) groups excluding carboxylic acids is 1. The van der Waals surface area contributed by atoms with Gasteiger partial charge in [0.25, 0.3) is 0 Å². The highest BCUT2D eigenvalue weighted by Crippen LogP contribution is 2.54. The number of allylic oxidation sites excluding steroid dienone is 2. The van der Waals surface area contributed by atoms with Gasteiger partial charge in [-0.1, -0.05) is 11.6 Å². The van der Waals surface area contributed by atoms with E-state index in [1.807, 2.05) is 19.9 Å². The van der Waals surface area contributed by atoms with E-state index in [-0.39, 0.29) is 23.2 Å². The van der Waals surface area contributed by atoms with E-state index in [4.69, 9.17) is 14.2 Å². The van der Waals surface area contributed by atoms with Crippen molar-refractivity contribution in [3.05, 3.63) is 34.9 Å². The number of esters is 1. The topological polar surface area (TPSA) is 68.2 Å². The number of benzene rings is 1. The molecule has 0 spiro atoms. The monoisotopic (exact) mass is 471 g/mol. The molecule has 1 aromatic carbocycles. The fourth-order valence-corrected chi connectivity index (χ4v) is 5.65. The third-order valence-electron chi connectivity index (χ3n) is 7.94. The molecular weight excluding hydrogens is 430 g/mol. The van der Waals surface area contributed by atoms with E-state index < -0.39 is 5.41 Å². The minimum atomic E-state index is -0.885. The number of unbranched alkanes of at least 4 members (excludes halogenated alkanes) is 1. The Morgan fingerprint density at radius 2 is 1.97 bits per heavy atom. The zero-order chi connectivity index (χ0) is 24.5. The zero-order valence-corrected chi connectivity index (χ0v) is 21.5. The van der Waals surface area contributed by atoms with Crippen molar-refractivity contribution in [3.8, 4) is 11.5 Å². The second kappa shape index (κ2) is 9.90. The van der Waals surface area contributed by atoms with Crippen molar-refractivity contribution >= 4 is 5.97 Å². The van der Waals surface area contributed by atoms with Gasteiger partial charge in [0.2, 0.25) is 0 Å². The van der Waals surface area contributed by atoms with E-state index >= 15 is 0 Å². The molecule has 0 amide bonds. The summed E-state index contributed by atoms with van der Waals surface area (Å²) in [6, 6.07) is 3.69. The van der Waals surface area contributed by atoms with Crippen LogP contribution in [-0.2, 0) is 19.7 Å². The predicted octanol–water partition coefficient (Wildman–Crippen LogP) is 4.94. The summed E-state index contributed by atoms with van der Waals surface area (Å²) in [5, 5.41) is 11.1. The number of ether oxygens (including phenoxy) is 3. The van der Waals surface area contributed by atoms with Crippen molar-refractivity contribution in [2.24, 2.45) is 5.92 Å². The minimum Gasteiger partial charge on any atom is -0.508 e. The number of morpholine rings is 1. The van der Waals surface area contributed by atoms with Gasteiger partial charge >= 0.3 is 5.97 Å². The summed E-state index contributed by atoms with van der Waals surface area (Å²) in [5.74, 6) is 1.18. The average Bonchev–Trinajstić information content (AvgIpc) is 2.78. The van der Waals surface area contributed by atoms with Crippen LogP contribution in [0.25, 0.3) is 0 Å². The molecule has 6 heteroatoms. The maximum Gasteiger partial charge on any atom is 0.315 e. The van der Waals surface area contributed by atoms with Crippen molar-refractivity contribution < 1.29 is 24.1 Å². The Kier molecular flexibility index (Phi) is 7.30. The highest BCUT2D eigenvalue weighted by Gasteiger charge is 2.46. The number of fused-ring (bicyclic) bond motifs is 3. The molecule has 1 aliphatic carbocycles. The summed E-state index contributed by atoms with van der Waals surface area (Å²) >= 11 is 0. The van der Waals surface area contributed by atoms with Gasteiger partial charge in [-0.3, -0.25) is 9.69 Å². The highest BCUT2D eigenvalue weighted by molar-refractivity contribution is 5.82. The highest BCUT2D eigenvalue weighted by atomic mass is 16.5. The fraction of sp³-hybridized carbons (Fsp3) is 0.679. The van der Waals surface area contributed by atoms with Gasteiger partial charge in [0, 0.05) is 30.5 Å². The lowest BCUT2D eigenvalue weighted by atomic mass is 9.67. The summed E-state index contributed by atoms with van der Waals surface area (Å²) in [6.45, 7) is 15.1. The predicted molar refractivity (Wildman–Crippen MR) is 133 cm³/mol. The van der Waals surface area contributed by atoms with E-state index in [1.165, 1.54) is 5.57 Å². The number of aromatic hydroxyl groups is 1. The van der Waals surface area contributed by atoms with Gasteiger partial charge in [-0.2, -0.15) is 0 Å². The van der Waals surface area contributed by atoms with Crippen molar-refractivity contribution in [1.29, 1.82) is 0 Å². The third kappa shape index (κ3) is 5.13. The maximum atomic E-state index is 13.0. The van der Waals surface area contributed by atoms with Gasteiger partial charge in [-0.05, 0) is 84.5 Å². The fourth-order valence-electron chi connectivity index (χ4n) is 5.65. The molecule has 0 radical (unpaired) electrons. The van der Waals surface area contributed by atoms with Crippen molar-refractivity contribution in [2.75, 3.05) is 39.5 Å². The minimum absolute atomic E-state index is 0.221. The van der Waals surface area contributed by atoms with Crippen LogP contribution in [0, 0.1) is 5.92 Å². The first-order valence-corrected chi connectivity index (χ1v) is 12.8. The molecule has 1 fully saturated rings. The smallest absolute Gasteiger partial charge is 0.315 e. The third-order valence-corrected chi connectivity index (χ3v) is 7.94. The average molecular weight is 472 g/mol. The van der Waals surface area contributed by atoms with Crippen molar-refractivity contribution in [1.82, 2.24) is 4.90 Å². The molecule has 2 aliphatic heterocycles. The number of hydrogen-bond donors (Lipinski definition) is 1. The molecular formula is C28H41NO5. The summed E-state index contributed by atoms with van der Waals surface area (Å²) in [7, 11) is 0. The molecule has 1 N–H and O–H groups in total. The molecule has 2 heterocycles. The number of phenols is 1. The van der Waals surface area contributed by atoms with E-state index in [0.717, 1.165) is 69.7 Å². The molecule has 2 atom stereocenters. The first-order valence-electron chi connectivity index (χ1n) is 12.8. The largest absolute Gasteiger partial charge is 0.508 e. The molecule has 188 valence electrons. The Labute approximate surface area is 204 Å². The first-order chi connectivity index (χ1) is 16.1. The number of rotatable bonds is 7. The first kappa shape index (κ1) is 25.1. The van der Waals surface area contributed by atoms with Crippen molar-refractivity contribution in [2.45, 2.75) is 77.2 Å². The number of carbonyl (C=O) groups is 1. The van der Waals surface area contributed by atoms with Crippen LogP contribution < -0.4 is 4.74 Å². The lowest BCUT2D eigenvalue weighted by molar-refractivity contribution is -0.149. The lowest BCUT2D eigenvalue weighted by Gasteiger charge is -2.47. The van der Waals surface area contributed by atoms with Gasteiger partial charge in [-0.15, -0.1) is 0 Å². The van der Waals surface area contributed by atoms with Crippen LogP contribution >= 0.6 is 0 Å². The summed E-state index contributed by atoms with van der Waals surface area (Å²) in [6.07, 6.45) is 6.00. The molecule has 0 bridgehead atoms. The lowest BCUT2D eigenvalue weighted by Crippen LogP contribution is -2.45. The molecule has 1 aromatic rings. The molecule has 0 aromatic heterocycles. The molecule has 34 heavy (non-hydrogen) atoms. The van der Waals surface area contributed by atoms with Crippen LogP contribution in [0.1, 0.15) is 77.3 Å². The Balaban J connectivity index is 1.42. The second-order valence-corrected chi connectivity index (χ2v) is 11.2. The number of nitrogens with zero attached hydrogens (tertiary/aromatic N) is 1. The van der Waals surface area contributed by atoms with Crippen LogP contribution in [0.2, 0.25) is 0 Å². The summed E-state index contributed by atoms with van der Waals surface area (Å²) < 4.78 is 17.5. The van der Waals surface area contributed by atoms with Gasteiger partial charge in [-0.25, -0.2) is 0 Å². The van der Waals surface area contributed by atoms with Crippen LogP contribution in [0.15, 0.2) is 23.8 Å². The van der Waals surface area contributed by atoms with Crippen LogP contribution in [0.4, 0.5) is 0 Å². The van der Waals surface area contributed by atoms with E-state index in [2.05, 4.69) is 31.7 Å². The van der Waals surface area contributed by atoms with Gasteiger partial charge in [0.05, 0.1) is 25.2 Å². The molecule has 1 saturated heterocycles. The van der Waals surface area contributed by atoms with Crippen LogP contribution in [-0.4, -0.2) is 61.0 Å². The van der Waals surface area contributed by atoms with Gasteiger partial charge < -0.3 is 19.3 Å². The Morgan fingerprint density at radius 3 is 2.71 bits per heavy atom. The molecule has 2 unspecified atom stereocenters. The number of phenolic OH excluding ortho intramolecular Hbond substituents is 1. The Morgan fingerprint density at radius 1 is 1.24 bits per heavy atom. The van der Waals surface area contributed by atoms with Crippen LogP contribution in [0.5, 0.6) is 11.5 Å². The molecule has 0 saturated carbocycles.